The first-order valence-electron chi connectivity index (χ1n) is 14.3. The van der Waals surface area contributed by atoms with Crippen molar-refractivity contribution < 1.29 is 22.4 Å². The molecule has 0 aliphatic carbocycles. The average Bonchev–Trinajstić information content (AvgIpc) is 3.03. The predicted molar refractivity (Wildman–Crippen MR) is 174 cm³/mol. The van der Waals surface area contributed by atoms with Crippen LogP contribution in [0, 0.1) is 5.82 Å². The molecule has 44 heavy (non-hydrogen) atoms. The van der Waals surface area contributed by atoms with Crippen molar-refractivity contribution in [2.45, 2.75) is 50.2 Å². The van der Waals surface area contributed by atoms with Gasteiger partial charge in [-0.2, -0.15) is 0 Å². The second-order valence-electron chi connectivity index (χ2n) is 10.5. The van der Waals surface area contributed by atoms with Crippen molar-refractivity contribution in [3.05, 3.63) is 131 Å². The number of hydrogen-bond acceptors (Lipinski definition) is 4. The van der Waals surface area contributed by atoms with E-state index in [2.05, 4.69) is 21.2 Å². The summed E-state index contributed by atoms with van der Waals surface area (Å²) in [5, 5.41) is 3.00. The number of halogens is 2. The van der Waals surface area contributed by atoms with Gasteiger partial charge >= 0.3 is 0 Å². The molecule has 7 nitrogen and oxygen atoms in total. The first-order chi connectivity index (χ1) is 21.1. The standard InChI is InChI=1S/C34H35BrFN3O4S/c1-3-25(2)37-34(41)32(21-26-11-6-4-7-12-26)38(23-27-17-19-29(36)20-18-27)33(40)24-39(30-14-10-13-28(35)22-30)44(42,43)31-15-8-5-9-16-31/h4-20,22,25,32H,3,21,23-24H2,1-2H3,(H,37,41)/t25-,32-/m1/s1. The molecule has 230 valence electrons. The second kappa shape index (κ2) is 15.1. The fourth-order valence-corrected chi connectivity index (χ4v) is 6.48. The molecule has 0 unspecified atom stereocenters. The van der Waals surface area contributed by atoms with Crippen LogP contribution >= 0.6 is 15.9 Å². The maximum Gasteiger partial charge on any atom is 0.264 e. The number of sulfonamides is 1. The Morgan fingerprint density at radius 3 is 2.11 bits per heavy atom. The Kier molecular flexibility index (Phi) is 11.3. The Balaban J connectivity index is 1.80. The number of amides is 2. The van der Waals surface area contributed by atoms with Gasteiger partial charge in [-0.3, -0.25) is 13.9 Å². The van der Waals surface area contributed by atoms with Gasteiger partial charge in [-0.1, -0.05) is 89.6 Å². The summed E-state index contributed by atoms with van der Waals surface area (Å²) >= 11 is 3.41. The summed E-state index contributed by atoms with van der Waals surface area (Å²) in [6, 6.07) is 28.4. The summed E-state index contributed by atoms with van der Waals surface area (Å²) in [4.78, 5) is 29.6. The number of nitrogens with one attached hydrogen (secondary N) is 1. The maximum absolute atomic E-state index is 14.4. The van der Waals surface area contributed by atoms with Gasteiger partial charge in [0.05, 0.1) is 10.6 Å². The summed E-state index contributed by atoms with van der Waals surface area (Å²) in [7, 11) is -4.19. The van der Waals surface area contributed by atoms with Gasteiger partial charge in [-0.05, 0) is 66.9 Å². The Bertz CT molecular complexity index is 1660. The topological polar surface area (TPSA) is 86.8 Å². The van der Waals surface area contributed by atoms with Gasteiger partial charge in [0.15, 0.2) is 0 Å². The van der Waals surface area contributed by atoms with Crippen LogP contribution in [0.1, 0.15) is 31.4 Å². The lowest BCUT2D eigenvalue weighted by atomic mass is 10.0. The molecule has 4 aromatic rings. The van der Waals surface area contributed by atoms with Crippen LogP contribution in [0.25, 0.3) is 0 Å². The van der Waals surface area contributed by atoms with E-state index in [0.29, 0.717) is 16.5 Å². The average molecular weight is 681 g/mol. The molecule has 0 aliphatic heterocycles. The van der Waals surface area contributed by atoms with Crippen molar-refractivity contribution in [1.82, 2.24) is 10.2 Å². The fourth-order valence-electron chi connectivity index (χ4n) is 4.66. The van der Waals surface area contributed by atoms with Gasteiger partial charge in [-0.15, -0.1) is 0 Å². The molecule has 4 rings (SSSR count). The minimum absolute atomic E-state index is 0.0215. The Hall–Kier alpha value is -4.02. The SMILES string of the molecule is CC[C@@H](C)NC(=O)[C@@H](Cc1ccccc1)N(Cc1ccc(F)cc1)C(=O)CN(c1cccc(Br)c1)S(=O)(=O)c1ccccc1. The lowest BCUT2D eigenvalue weighted by Crippen LogP contribution is -2.54. The number of anilines is 1. The van der Waals surface area contributed by atoms with Gasteiger partial charge in [0, 0.05) is 23.5 Å². The van der Waals surface area contributed by atoms with E-state index >= 15 is 0 Å². The molecule has 10 heteroatoms. The normalized spacial score (nSPS) is 12.6. The van der Waals surface area contributed by atoms with Crippen LogP contribution in [0.4, 0.5) is 10.1 Å². The minimum atomic E-state index is -4.19. The van der Waals surface area contributed by atoms with Crippen LogP contribution in [0.5, 0.6) is 0 Å². The highest BCUT2D eigenvalue weighted by atomic mass is 79.9. The summed E-state index contributed by atoms with van der Waals surface area (Å²) in [5.41, 5.74) is 1.70. The molecular weight excluding hydrogens is 645 g/mol. The van der Waals surface area contributed by atoms with Crippen molar-refractivity contribution >= 4 is 43.5 Å². The Labute approximate surface area is 266 Å². The van der Waals surface area contributed by atoms with E-state index in [0.717, 1.165) is 9.87 Å². The lowest BCUT2D eigenvalue weighted by molar-refractivity contribution is -0.140. The molecular formula is C34H35BrFN3O4S. The van der Waals surface area contributed by atoms with Crippen molar-refractivity contribution in [3.63, 3.8) is 0 Å². The van der Waals surface area contributed by atoms with Gasteiger partial charge < -0.3 is 10.2 Å². The van der Waals surface area contributed by atoms with Crippen LogP contribution in [0.3, 0.4) is 0 Å². The van der Waals surface area contributed by atoms with Crippen LogP contribution in [-0.4, -0.2) is 43.8 Å². The smallest absolute Gasteiger partial charge is 0.264 e. The van der Waals surface area contributed by atoms with E-state index in [-0.39, 0.29) is 35.5 Å². The van der Waals surface area contributed by atoms with Crippen LogP contribution < -0.4 is 9.62 Å². The Morgan fingerprint density at radius 1 is 0.864 bits per heavy atom. The van der Waals surface area contributed by atoms with Gasteiger partial charge in [0.25, 0.3) is 10.0 Å². The van der Waals surface area contributed by atoms with Crippen molar-refractivity contribution in [2.75, 3.05) is 10.8 Å². The Morgan fingerprint density at radius 2 is 1.50 bits per heavy atom. The first kappa shape index (κ1) is 32.9. The fraction of sp³-hybridized carbons (Fsp3) is 0.235. The van der Waals surface area contributed by atoms with E-state index in [1.807, 2.05) is 44.2 Å². The van der Waals surface area contributed by atoms with Crippen LogP contribution in [-0.2, 0) is 32.6 Å². The number of benzene rings is 4. The van der Waals surface area contributed by atoms with E-state index in [1.54, 1.807) is 54.6 Å². The van der Waals surface area contributed by atoms with Crippen molar-refractivity contribution in [2.24, 2.45) is 0 Å². The molecule has 2 amide bonds. The van der Waals surface area contributed by atoms with Gasteiger partial charge in [0.2, 0.25) is 11.8 Å². The van der Waals surface area contributed by atoms with Crippen molar-refractivity contribution in [1.29, 1.82) is 0 Å². The molecule has 0 bridgehead atoms. The number of nitrogens with zero attached hydrogens (tertiary/aromatic N) is 2. The van der Waals surface area contributed by atoms with E-state index < -0.39 is 34.3 Å². The molecule has 0 heterocycles. The summed E-state index contributed by atoms with van der Waals surface area (Å²) in [6.45, 7) is 3.22. The monoisotopic (exact) mass is 679 g/mol. The van der Waals surface area contributed by atoms with E-state index in [4.69, 9.17) is 0 Å². The highest BCUT2D eigenvalue weighted by Gasteiger charge is 2.35. The van der Waals surface area contributed by atoms with Crippen LogP contribution in [0.15, 0.2) is 119 Å². The first-order valence-corrected chi connectivity index (χ1v) is 16.5. The summed E-state index contributed by atoms with van der Waals surface area (Å²) in [6.07, 6.45) is 0.875. The molecule has 4 aromatic carbocycles. The minimum Gasteiger partial charge on any atom is -0.352 e. The molecule has 0 saturated carbocycles. The molecule has 0 aromatic heterocycles. The third-order valence-electron chi connectivity index (χ3n) is 7.24. The highest BCUT2D eigenvalue weighted by molar-refractivity contribution is 9.10. The lowest BCUT2D eigenvalue weighted by Gasteiger charge is -2.34. The van der Waals surface area contributed by atoms with Crippen molar-refractivity contribution in [3.8, 4) is 0 Å². The number of carbonyl (C=O) groups excluding carboxylic acids is 2. The largest absolute Gasteiger partial charge is 0.352 e. The zero-order valence-electron chi connectivity index (χ0n) is 24.6. The summed E-state index contributed by atoms with van der Waals surface area (Å²) < 4.78 is 43.5. The quantitative estimate of drug-likeness (QED) is 0.179. The second-order valence-corrected chi connectivity index (χ2v) is 13.3. The maximum atomic E-state index is 14.4. The zero-order chi connectivity index (χ0) is 31.7. The molecule has 1 N–H and O–H groups in total. The molecule has 0 radical (unpaired) electrons. The van der Waals surface area contributed by atoms with Gasteiger partial charge in [-0.25, -0.2) is 12.8 Å². The highest BCUT2D eigenvalue weighted by Crippen LogP contribution is 2.27. The zero-order valence-corrected chi connectivity index (χ0v) is 27.0. The number of carbonyl (C=O) groups is 2. The molecule has 0 saturated heterocycles. The molecule has 0 aliphatic rings. The van der Waals surface area contributed by atoms with E-state index in [1.165, 1.54) is 29.2 Å². The number of rotatable bonds is 13. The third-order valence-corrected chi connectivity index (χ3v) is 9.53. The molecule has 2 atom stereocenters. The van der Waals surface area contributed by atoms with Gasteiger partial charge in [0.1, 0.15) is 18.4 Å². The molecule has 0 fully saturated rings. The van der Waals surface area contributed by atoms with E-state index in [9.17, 15) is 22.4 Å². The van der Waals surface area contributed by atoms with Crippen LogP contribution in [0.2, 0.25) is 0 Å². The summed E-state index contributed by atoms with van der Waals surface area (Å²) in [5.74, 6) is -1.38. The third kappa shape index (κ3) is 8.54. The number of hydrogen-bond donors (Lipinski definition) is 1. The predicted octanol–water partition coefficient (Wildman–Crippen LogP) is 6.34. The molecule has 0 spiro atoms.